The molecule has 0 aliphatic carbocycles. The molecule has 1 aliphatic rings. The van der Waals surface area contributed by atoms with Crippen LogP contribution < -0.4 is 10.6 Å². The summed E-state index contributed by atoms with van der Waals surface area (Å²) >= 11 is 7.28. The number of anilines is 1. The number of carbonyl (C=O) groups is 2. The maximum absolute atomic E-state index is 12.8. The van der Waals surface area contributed by atoms with E-state index < -0.39 is 0 Å². The Morgan fingerprint density at radius 1 is 1.25 bits per heavy atom. The summed E-state index contributed by atoms with van der Waals surface area (Å²) < 4.78 is 5.34. The number of nitrogens with zero attached hydrogens (tertiary/aromatic N) is 3. The highest BCUT2D eigenvalue weighted by atomic mass is 35.5. The fourth-order valence-electron chi connectivity index (χ4n) is 3.27. The van der Waals surface area contributed by atoms with Crippen molar-refractivity contribution in [1.82, 2.24) is 20.1 Å². The van der Waals surface area contributed by atoms with Gasteiger partial charge in [-0.05, 0) is 51.1 Å². The number of morpholine rings is 1. The Kier molecular flexibility index (Phi) is 9.28. The molecule has 8 nitrogen and oxygen atoms in total. The van der Waals surface area contributed by atoms with Crippen LogP contribution in [0.25, 0.3) is 0 Å². The van der Waals surface area contributed by atoms with Crippen LogP contribution in [0.4, 0.5) is 10.5 Å². The first-order valence-corrected chi connectivity index (χ1v) is 12.0. The first-order chi connectivity index (χ1) is 15.4. The average molecular weight is 480 g/mol. The van der Waals surface area contributed by atoms with Crippen LogP contribution in [0, 0.1) is 0 Å². The normalized spacial score (nSPS) is 14.4. The fraction of sp³-hybridized carbons (Fsp3) is 0.500. The van der Waals surface area contributed by atoms with Gasteiger partial charge in [-0.1, -0.05) is 11.6 Å². The van der Waals surface area contributed by atoms with Gasteiger partial charge in [0.25, 0.3) is 5.91 Å². The Morgan fingerprint density at radius 2 is 1.97 bits per heavy atom. The lowest BCUT2D eigenvalue weighted by atomic mass is 10.3. The van der Waals surface area contributed by atoms with Gasteiger partial charge in [-0.3, -0.25) is 9.69 Å². The Hall–Kier alpha value is -2.20. The van der Waals surface area contributed by atoms with E-state index in [1.807, 2.05) is 13.8 Å². The minimum atomic E-state index is -0.230. The van der Waals surface area contributed by atoms with Gasteiger partial charge in [0, 0.05) is 41.8 Å². The van der Waals surface area contributed by atoms with Gasteiger partial charge in [-0.25, -0.2) is 9.78 Å². The second-order valence-corrected chi connectivity index (χ2v) is 9.23. The Labute approximate surface area is 197 Å². The van der Waals surface area contributed by atoms with Crippen molar-refractivity contribution >= 4 is 40.6 Å². The standard InChI is InChI=1S/C22H30ClN5O3S/c1-16(2)28(22(30)25-18-6-4-17(23)5-7-18)14-20-26-19(15-32-20)21(29)24-8-3-9-27-10-12-31-13-11-27/h4-7,15-16H,3,8-14H2,1-2H3,(H,24,29)(H,25,30). The summed E-state index contributed by atoms with van der Waals surface area (Å²) in [6.07, 6.45) is 0.884. The molecule has 1 aromatic heterocycles. The first kappa shape index (κ1) is 24.4. The number of benzene rings is 1. The highest BCUT2D eigenvalue weighted by Gasteiger charge is 2.20. The number of halogens is 1. The number of amides is 3. The number of nitrogens with one attached hydrogen (secondary N) is 2. The zero-order valence-corrected chi connectivity index (χ0v) is 20.0. The molecule has 2 heterocycles. The SMILES string of the molecule is CC(C)N(Cc1nc(C(=O)NCCCN2CCOCC2)cs1)C(=O)Nc1ccc(Cl)cc1. The van der Waals surface area contributed by atoms with E-state index in [2.05, 4.69) is 20.5 Å². The predicted molar refractivity (Wildman–Crippen MR) is 127 cm³/mol. The van der Waals surface area contributed by atoms with E-state index in [4.69, 9.17) is 16.3 Å². The first-order valence-electron chi connectivity index (χ1n) is 10.8. The van der Waals surface area contributed by atoms with Gasteiger partial charge in [0.2, 0.25) is 0 Å². The number of ether oxygens (including phenoxy) is 1. The summed E-state index contributed by atoms with van der Waals surface area (Å²) in [6, 6.07) is 6.69. The third-order valence-corrected chi connectivity index (χ3v) is 6.20. The van der Waals surface area contributed by atoms with Crippen molar-refractivity contribution < 1.29 is 14.3 Å². The molecule has 0 bridgehead atoms. The van der Waals surface area contributed by atoms with Gasteiger partial charge >= 0.3 is 6.03 Å². The molecule has 10 heteroatoms. The summed E-state index contributed by atoms with van der Waals surface area (Å²) in [5, 5.41) is 8.87. The highest BCUT2D eigenvalue weighted by molar-refractivity contribution is 7.09. The minimum absolute atomic E-state index is 0.0383. The van der Waals surface area contributed by atoms with Crippen molar-refractivity contribution in [2.75, 3.05) is 44.7 Å². The monoisotopic (exact) mass is 479 g/mol. The largest absolute Gasteiger partial charge is 0.379 e. The Bertz CT molecular complexity index is 884. The summed E-state index contributed by atoms with van der Waals surface area (Å²) in [5.74, 6) is -0.184. The van der Waals surface area contributed by atoms with Gasteiger partial charge in [-0.2, -0.15) is 0 Å². The van der Waals surface area contributed by atoms with Crippen LogP contribution in [0.15, 0.2) is 29.6 Å². The molecule has 1 fully saturated rings. The lowest BCUT2D eigenvalue weighted by molar-refractivity contribution is 0.0374. The van der Waals surface area contributed by atoms with Crippen LogP contribution in [-0.2, 0) is 11.3 Å². The quantitative estimate of drug-likeness (QED) is 0.535. The number of aromatic nitrogens is 1. The Morgan fingerprint density at radius 3 is 2.66 bits per heavy atom. The van der Waals surface area contributed by atoms with Crippen LogP contribution in [0.3, 0.4) is 0 Å². The van der Waals surface area contributed by atoms with Crippen LogP contribution in [0.5, 0.6) is 0 Å². The highest BCUT2D eigenvalue weighted by Crippen LogP contribution is 2.18. The van der Waals surface area contributed by atoms with Crippen LogP contribution in [0.2, 0.25) is 5.02 Å². The van der Waals surface area contributed by atoms with E-state index in [1.54, 1.807) is 34.5 Å². The molecule has 0 atom stereocenters. The minimum Gasteiger partial charge on any atom is -0.379 e. The Balaban J connectivity index is 1.48. The second-order valence-electron chi connectivity index (χ2n) is 7.85. The van der Waals surface area contributed by atoms with E-state index in [-0.39, 0.29) is 18.0 Å². The molecule has 3 amide bonds. The number of carbonyl (C=O) groups excluding carboxylic acids is 2. The van der Waals surface area contributed by atoms with Crippen molar-refractivity contribution in [3.63, 3.8) is 0 Å². The molecule has 32 heavy (non-hydrogen) atoms. The fourth-order valence-corrected chi connectivity index (χ4v) is 4.17. The molecule has 2 aromatic rings. The number of hydrogen-bond donors (Lipinski definition) is 2. The van der Waals surface area contributed by atoms with Crippen molar-refractivity contribution in [2.45, 2.75) is 32.9 Å². The summed E-state index contributed by atoms with van der Waals surface area (Å²) in [7, 11) is 0. The number of hydrogen-bond acceptors (Lipinski definition) is 6. The smallest absolute Gasteiger partial charge is 0.322 e. The summed E-state index contributed by atoms with van der Waals surface area (Å²) in [5.41, 5.74) is 1.06. The number of rotatable bonds is 9. The molecule has 1 aromatic carbocycles. The number of urea groups is 1. The maximum Gasteiger partial charge on any atom is 0.322 e. The van der Waals surface area contributed by atoms with Gasteiger partial charge < -0.3 is 20.3 Å². The lowest BCUT2D eigenvalue weighted by Gasteiger charge is -2.26. The molecule has 0 saturated carbocycles. The molecule has 0 radical (unpaired) electrons. The van der Waals surface area contributed by atoms with E-state index in [9.17, 15) is 9.59 Å². The third-order valence-electron chi connectivity index (χ3n) is 5.11. The third kappa shape index (κ3) is 7.44. The van der Waals surface area contributed by atoms with E-state index >= 15 is 0 Å². The van der Waals surface area contributed by atoms with Crippen LogP contribution in [0.1, 0.15) is 35.8 Å². The molecule has 3 rings (SSSR count). The zero-order chi connectivity index (χ0) is 22.9. The van der Waals surface area contributed by atoms with Crippen molar-refractivity contribution in [3.8, 4) is 0 Å². The van der Waals surface area contributed by atoms with Gasteiger partial charge in [0.1, 0.15) is 10.7 Å². The van der Waals surface area contributed by atoms with Crippen LogP contribution >= 0.6 is 22.9 Å². The van der Waals surface area contributed by atoms with Crippen LogP contribution in [-0.4, -0.2) is 72.2 Å². The molecule has 2 N–H and O–H groups in total. The average Bonchev–Trinajstić information content (AvgIpc) is 3.26. The molecule has 1 saturated heterocycles. The van der Waals surface area contributed by atoms with Gasteiger partial charge in [0.15, 0.2) is 0 Å². The maximum atomic E-state index is 12.8. The van der Waals surface area contributed by atoms with E-state index in [1.165, 1.54) is 11.3 Å². The van der Waals surface area contributed by atoms with E-state index in [0.717, 1.165) is 39.3 Å². The van der Waals surface area contributed by atoms with Crippen molar-refractivity contribution in [2.24, 2.45) is 0 Å². The zero-order valence-electron chi connectivity index (χ0n) is 18.5. The number of thiazole rings is 1. The summed E-state index contributed by atoms with van der Waals surface area (Å²) in [6.45, 7) is 9.20. The van der Waals surface area contributed by atoms with Crippen molar-refractivity contribution in [1.29, 1.82) is 0 Å². The molecule has 0 spiro atoms. The lowest BCUT2D eigenvalue weighted by Crippen LogP contribution is -2.39. The second kappa shape index (κ2) is 12.2. The topological polar surface area (TPSA) is 86.8 Å². The molecule has 174 valence electrons. The molecule has 0 unspecified atom stereocenters. The molecule has 1 aliphatic heterocycles. The van der Waals surface area contributed by atoms with E-state index in [0.29, 0.717) is 34.5 Å². The molecular formula is C22H30ClN5O3S. The summed E-state index contributed by atoms with van der Waals surface area (Å²) in [4.78, 5) is 33.6. The predicted octanol–water partition coefficient (Wildman–Crippen LogP) is 3.69. The molecular weight excluding hydrogens is 450 g/mol. The van der Waals surface area contributed by atoms with Gasteiger partial charge in [0.05, 0.1) is 19.8 Å². The van der Waals surface area contributed by atoms with Gasteiger partial charge in [-0.15, -0.1) is 11.3 Å². The van der Waals surface area contributed by atoms with Crippen molar-refractivity contribution in [3.05, 3.63) is 45.4 Å².